The number of nitrogens with one attached hydrogen (secondary N) is 1. The third-order valence-corrected chi connectivity index (χ3v) is 4.96. The predicted molar refractivity (Wildman–Crippen MR) is 89.1 cm³/mol. The fourth-order valence-electron chi connectivity index (χ4n) is 3.23. The molecule has 1 unspecified atom stereocenters. The summed E-state index contributed by atoms with van der Waals surface area (Å²) in [7, 11) is 0. The average molecular weight is 285 g/mol. The molecule has 0 spiro atoms. The summed E-state index contributed by atoms with van der Waals surface area (Å²) in [4.78, 5) is 0. The molecule has 0 bridgehead atoms. The van der Waals surface area contributed by atoms with Crippen LogP contribution in [0.15, 0.2) is 16.7 Å². The maximum Gasteiger partial charge on any atom is 0.105 e. The molecule has 0 aliphatic carbocycles. The number of hydrogen-bond donors (Lipinski definition) is 1. The number of benzene rings is 1. The van der Waals surface area contributed by atoms with Crippen molar-refractivity contribution in [3.05, 3.63) is 57.0 Å². The van der Waals surface area contributed by atoms with Gasteiger partial charge in [-0.1, -0.05) is 6.92 Å². The Morgan fingerprint density at radius 1 is 0.905 bits per heavy atom. The van der Waals surface area contributed by atoms with E-state index in [1.54, 1.807) is 6.26 Å². The molecule has 0 fully saturated rings. The maximum absolute atomic E-state index is 5.54. The number of rotatable bonds is 4. The van der Waals surface area contributed by atoms with E-state index in [1.807, 2.05) is 6.92 Å². The van der Waals surface area contributed by atoms with E-state index in [1.165, 1.54) is 38.9 Å². The van der Waals surface area contributed by atoms with Crippen LogP contribution in [0.4, 0.5) is 0 Å². The Kier molecular flexibility index (Phi) is 4.58. The van der Waals surface area contributed by atoms with Gasteiger partial charge in [-0.15, -0.1) is 0 Å². The van der Waals surface area contributed by atoms with Gasteiger partial charge in [0, 0.05) is 5.56 Å². The Bertz CT molecular complexity index is 623. The van der Waals surface area contributed by atoms with E-state index in [0.29, 0.717) is 0 Å². The Labute approximate surface area is 128 Å². The zero-order valence-electron chi connectivity index (χ0n) is 14.3. The molecule has 1 aromatic heterocycles. The molecule has 0 saturated carbocycles. The van der Waals surface area contributed by atoms with Crippen molar-refractivity contribution in [2.75, 3.05) is 6.54 Å². The van der Waals surface area contributed by atoms with E-state index < -0.39 is 0 Å². The second kappa shape index (κ2) is 6.07. The summed E-state index contributed by atoms with van der Waals surface area (Å²) in [6.07, 6.45) is 1.79. The topological polar surface area (TPSA) is 25.2 Å². The quantitative estimate of drug-likeness (QED) is 0.870. The highest BCUT2D eigenvalue weighted by Gasteiger charge is 2.23. The molecule has 0 saturated heterocycles. The third-order valence-electron chi connectivity index (χ3n) is 4.96. The van der Waals surface area contributed by atoms with Gasteiger partial charge in [0.05, 0.1) is 12.3 Å². The van der Waals surface area contributed by atoms with E-state index in [-0.39, 0.29) is 6.04 Å². The van der Waals surface area contributed by atoms with Gasteiger partial charge in [-0.3, -0.25) is 0 Å². The second-order valence-corrected chi connectivity index (χ2v) is 5.96. The van der Waals surface area contributed by atoms with E-state index >= 15 is 0 Å². The number of furan rings is 1. The molecule has 2 rings (SSSR count). The van der Waals surface area contributed by atoms with Gasteiger partial charge in [-0.25, -0.2) is 0 Å². The van der Waals surface area contributed by atoms with Crippen LogP contribution in [0, 0.1) is 41.5 Å². The minimum atomic E-state index is 0.201. The minimum absolute atomic E-state index is 0.201. The van der Waals surface area contributed by atoms with Crippen molar-refractivity contribution in [1.29, 1.82) is 0 Å². The van der Waals surface area contributed by atoms with E-state index in [4.69, 9.17) is 4.42 Å². The van der Waals surface area contributed by atoms with Crippen LogP contribution in [-0.2, 0) is 0 Å². The lowest BCUT2D eigenvalue weighted by Crippen LogP contribution is -2.25. The molecule has 1 heterocycles. The van der Waals surface area contributed by atoms with Crippen LogP contribution in [0.1, 0.15) is 57.7 Å². The lowest BCUT2D eigenvalue weighted by atomic mass is 9.84. The van der Waals surface area contributed by atoms with Crippen LogP contribution < -0.4 is 5.32 Å². The maximum atomic E-state index is 5.54. The zero-order valence-corrected chi connectivity index (χ0v) is 14.3. The number of hydrogen-bond acceptors (Lipinski definition) is 2. The number of aryl methyl sites for hydroxylation is 1. The summed E-state index contributed by atoms with van der Waals surface area (Å²) in [5, 5.41) is 3.64. The Morgan fingerprint density at radius 3 is 1.86 bits per heavy atom. The van der Waals surface area contributed by atoms with Crippen molar-refractivity contribution in [3.8, 4) is 0 Å². The van der Waals surface area contributed by atoms with Crippen molar-refractivity contribution in [2.45, 2.75) is 54.5 Å². The Morgan fingerprint density at radius 2 is 1.43 bits per heavy atom. The molecule has 2 aromatic rings. The molecule has 2 heteroatoms. The van der Waals surface area contributed by atoms with Crippen molar-refractivity contribution < 1.29 is 4.42 Å². The summed E-state index contributed by atoms with van der Waals surface area (Å²) in [5.41, 5.74) is 9.64. The van der Waals surface area contributed by atoms with Crippen LogP contribution >= 0.6 is 0 Å². The van der Waals surface area contributed by atoms with Gasteiger partial charge < -0.3 is 9.73 Å². The zero-order chi connectivity index (χ0) is 15.7. The van der Waals surface area contributed by atoms with E-state index in [0.717, 1.165) is 12.3 Å². The molecule has 0 aliphatic heterocycles. The molecular formula is C19H27NO. The second-order valence-electron chi connectivity index (χ2n) is 5.96. The van der Waals surface area contributed by atoms with Gasteiger partial charge in [0.2, 0.25) is 0 Å². The fourth-order valence-corrected chi connectivity index (χ4v) is 3.23. The highest BCUT2D eigenvalue weighted by atomic mass is 16.3. The standard InChI is InChI=1S/C19H27NO/c1-8-20-19(17-9-10-21-16(17)7)18-14(5)12(3)11(2)13(4)15(18)6/h9-10,19-20H,8H2,1-7H3. The average Bonchev–Trinajstić information content (AvgIpc) is 2.88. The Balaban J connectivity index is 2.70. The van der Waals surface area contributed by atoms with Crippen LogP contribution in [0.3, 0.4) is 0 Å². The van der Waals surface area contributed by atoms with Crippen molar-refractivity contribution in [2.24, 2.45) is 0 Å². The molecule has 0 aliphatic rings. The minimum Gasteiger partial charge on any atom is -0.469 e. The smallest absolute Gasteiger partial charge is 0.105 e. The molecule has 0 amide bonds. The van der Waals surface area contributed by atoms with Crippen molar-refractivity contribution in [1.82, 2.24) is 5.32 Å². The van der Waals surface area contributed by atoms with Crippen LogP contribution in [0.2, 0.25) is 0 Å². The highest BCUT2D eigenvalue weighted by Crippen LogP contribution is 2.35. The molecule has 1 N–H and O–H groups in total. The van der Waals surface area contributed by atoms with Crippen molar-refractivity contribution in [3.63, 3.8) is 0 Å². The third kappa shape index (κ3) is 2.65. The Hall–Kier alpha value is -1.54. The largest absolute Gasteiger partial charge is 0.469 e. The first-order chi connectivity index (χ1) is 9.90. The van der Waals surface area contributed by atoms with Gasteiger partial charge in [-0.05, 0) is 87.5 Å². The molecule has 21 heavy (non-hydrogen) atoms. The lowest BCUT2D eigenvalue weighted by molar-refractivity contribution is 0.519. The molecule has 1 aromatic carbocycles. The summed E-state index contributed by atoms with van der Waals surface area (Å²) < 4.78 is 5.54. The van der Waals surface area contributed by atoms with E-state index in [2.05, 4.69) is 52.9 Å². The summed E-state index contributed by atoms with van der Waals surface area (Å²) >= 11 is 0. The summed E-state index contributed by atoms with van der Waals surface area (Å²) in [6, 6.07) is 2.29. The van der Waals surface area contributed by atoms with Crippen LogP contribution in [-0.4, -0.2) is 6.54 Å². The first-order valence-electron chi connectivity index (χ1n) is 7.74. The van der Waals surface area contributed by atoms with Gasteiger partial charge in [-0.2, -0.15) is 0 Å². The van der Waals surface area contributed by atoms with E-state index in [9.17, 15) is 0 Å². The first kappa shape index (κ1) is 15.8. The fraction of sp³-hybridized carbons (Fsp3) is 0.474. The van der Waals surface area contributed by atoms with Gasteiger partial charge in [0.15, 0.2) is 0 Å². The predicted octanol–water partition coefficient (Wildman–Crippen LogP) is 4.83. The molecule has 0 radical (unpaired) electrons. The highest BCUT2D eigenvalue weighted by molar-refractivity contribution is 5.53. The van der Waals surface area contributed by atoms with Crippen molar-refractivity contribution >= 4 is 0 Å². The summed E-state index contributed by atoms with van der Waals surface area (Å²) in [5.74, 6) is 0.996. The molecule has 2 nitrogen and oxygen atoms in total. The molecule has 1 atom stereocenters. The van der Waals surface area contributed by atoms with Crippen LogP contribution in [0.5, 0.6) is 0 Å². The van der Waals surface area contributed by atoms with Gasteiger partial charge in [0.25, 0.3) is 0 Å². The SMILES string of the molecule is CCNC(c1ccoc1C)c1c(C)c(C)c(C)c(C)c1C. The summed E-state index contributed by atoms with van der Waals surface area (Å²) in [6.45, 7) is 16.3. The van der Waals surface area contributed by atoms with Gasteiger partial charge in [0.1, 0.15) is 5.76 Å². The van der Waals surface area contributed by atoms with Gasteiger partial charge >= 0.3 is 0 Å². The lowest BCUT2D eigenvalue weighted by Gasteiger charge is -2.26. The first-order valence-corrected chi connectivity index (χ1v) is 7.74. The van der Waals surface area contributed by atoms with Crippen LogP contribution in [0.25, 0.3) is 0 Å². The normalized spacial score (nSPS) is 12.7. The molecular weight excluding hydrogens is 258 g/mol. The molecule has 114 valence electrons. The monoisotopic (exact) mass is 285 g/mol.